The Bertz CT molecular complexity index is 521. The minimum Gasteiger partial charge on any atom is -0.403 e. The molecule has 3 fully saturated rings. The fourth-order valence-corrected chi connectivity index (χ4v) is 3.95. The maximum atomic E-state index is 12.6. The molecule has 0 aliphatic carbocycles. The van der Waals surface area contributed by atoms with Crippen LogP contribution in [-0.2, 0) is 14.0 Å². The average Bonchev–Trinajstić information content (AvgIpc) is 2.82. The van der Waals surface area contributed by atoms with E-state index in [1.165, 1.54) is 0 Å². The fraction of sp³-hybridized carbons (Fsp3) is 0.947. The van der Waals surface area contributed by atoms with Gasteiger partial charge in [-0.2, -0.15) is 0 Å². The van der Waals surface area contributed by atoms with Crippen LogP contribution in [-0.4, -0.2) is 86.1 Å². The van der Waals surface area contributed by atoms with Crippen LogP contribution in [0, 0.1) is 0 Å². The highest BCUT2D eigenvalue weighted by molar-refractivity contribution is 6.47. The molecule has 0 radical (unpaired) electrons. The monoisotopic (exact) mass is 381 g/mol. The summed E-state index contributed by atoms with van der Waals surface area (Å²) < 4.78 is 18.2. The second-order valence-electron chi connectivity index (χ2n) is 9.36. The highest BCUT2D eigenvalue weighted by Crippen LogP contribution is 2.42. The topological polar surface area (TPSA) is 63.3 Å². The predicted octanol–water partition coefficient (Wildman–Crippen LogP) is 1.97. The minimum absolute atomic E-state index is 0.000991. The van der Waals surface area contributed by atoms with Gasteiger partial charge in [0.25, 0.3) is 0 Å². The van der Waals surface area contributed by atoms with Crippen LogP contribution in [0.4, 0.5) is 4.79 Å². The Labute approximate surface area is 164 Å². The molecule has 27 heavy (non-hydrogen) atoms. The lowest BCUT2D eigenvalue weighted by atomic mass is 9.67. The summed E-state index contributed by atoms with van der Waals surface area (Å²) in [6.45, 7) is 14.4. The summed E-state index contributed by atoms with van der Waals surface area (Å²) >= 11 is 0. The number of likely N-dealkylation sites (tertiary alicyclic amines) is 1. The first kappa shape index (κ1) is 20.9. The maximum Gasteiger partial charge on any atom is 0.461 e. The lowest BCUT2D eigenvalue weighted by Gasteiger charge is -2.36. The molecule has 154 valence electrons. The molecule has 0 aromatic carbocycles. The molecule has 0 saturated carbocycles. The van der Waals surface area contributed by atoms with Gasteiger partial charge < -0.3 is 29.2 Å². The number of amides is 2. The highest BCUT2D eigenvalue weighted by atomic mass is 16.7. The number of carbonyl (C=O) groups excluding carboxylic acids is 1. The molecule has 0 bridgehead atoms. The predicted molar refractivity (Wildman–Crippen MR) is 106 cm³/mol. The smallest absolute Gasteiger partial charge is 0.403 e. The van der Waals surface area contributed by atoms with Crippen LogP contribution < -0.4 is 5.32 Å². The first-order chi connectivity index (χ1) is 12.6. The van der Waals surface area contributed by atoms with E-state index in [4.69, 9.17) is 14.0 Å². The van der Waals surface area contributed by atoms with E-state index in [2.05, 4.69) is 45.0 Å². The Morgan fingerprint density at radius 1 is 1.11 bits per heavy atom. The lowest BCUT2D eigenvalue weighted by Crippen LogP contribution is -2.54. The molecule has 2 atom stereocenters. The van der Waals surface area contributed by atoms with Crippen molar-refractivity contribution in [2.24, 2.45) is 0 Å². The molecule has 0 aromatic rings. The third kappa shape index (κ3) is 4.61. The van der Waals surface area contributed by atoms with Crippen molar-refractivity contribution in [1.29, 1.82) is 0 Å². The van der Waals surface area contributed by atoms with E-state index in [0.29, 0.717) is 5.82 Å². The third-order valence-electron chi connectivity index (χ3n) is 6.69. The van der Waals surface area contributed by atoms with Crippen molar-refractivity contribution >= 4 is 13.1 Å². The molecular formula is C19H36BN3O4. The largest absolute Gasteiger partial charge is 0.461 e. The molecule has 3 aliphatic rings. The highest BCUT2D eigenvalue weighted by Gasteiger charge is 2.54. The SMILES string of the molecule is CC(NC(=O)N1CCC(B2OC(C)(C)C(C)(C)O2)CC1)C1CN(C)CCO1. The molecule has 0 aromatic heterocycles. The minimum atomic E-state index is -0.297. The van der Waals surface area contributed by atoms with Crippen molar-refractivity contribution < 1.29 is 18.8 Å². The third-order valence-corrected chi connectivity index (χ3v) is 6.69. The van der Waals surface area contributed by atoms with Gasteiger partial charge in [0.2, 0.25) is 0 Å². The molecule has 0 spiro atoms. The van der Waals surface area contributed by atoms with Crippen molar-refractivity contribution in [2.45, 2.75) is 76.6 Å². The van der Waals surface area contributed by atoms with Crippen molar-refractivity contribution in [3.63, 3.8) is 0 Å². The summed E-state index contributed by atoms with van der Waals surface area (Å²) in [5.74, 6) is 0.336. The molecule has 2 unspecified atom stereocenters. The summed E-state index contributed by atoms with van der Waals surface area (Å²) in [7, 11) is 1.91. The molecule has 3 aliphatic heterocycles. The molecule has 3 rings (SSSR count). The van der Waals surface area contributed by atoms with Crippen molar-refractivity contribution in [2.75, 3.05) is 39.8 Å². The first-order valence-corrected chi connectivity index (χ1v) is 10.3. The molecular weight excluding hydrogens is 345 g/mol. The van der Waals surface area contributed by atoms with Gasteiger partial charge in [0.05, 0.1) is 30.0 Å². The maximum absolute atomic E-state index is 12.6. The summed E-state index contributed by atoms with van der Waals surface area (Å²) in [4.78, 5) is 16.8. The number of rotatable bonds is 3. The number of piperidine rings is 1. The average molecular weight is 381 g/mol. The van der Waals surface area contributed by atoms with Crippen LogP contribution in [0.2, 0.25) is 5.82 Å². The Hall–Kier alpha value is -0.825. The standard InChI is InChI=1S/C19H36BN3O4/c1-14(16-13-22(6)11-12-25-16)21-17(24)23-9-7-15(8-10-23)20-26-18(2,3)19(4,5)27-20/h14-16H,7-13H2,1-6H3,(H,21,24). The van der Waals surface area contributed by atoms with Gasteiger partial charge in [0.1, 0.15) is 0 Å². The van der Waals surface area contributed by atoms with Gasteiger partial charge in [-0.1, -0.05) is 0 Å². The van der Waals surface area contributed by atoms with Gasteiger partial charge >= 0.3 is 13.1 Å². The Kier molecular flexibility index (Phi) is 6.11. The van der Waals surface area contributed by atoms with Crippen LogP contribution >= 0.6 is 0 Å². The number of morpholine rings is 1. The quantitative estimate of drug-likeness (QED) is 0.758. The van der Waals surface area contributed by atoms with E-state index in [1.54, 1.807) is 0 Å². The lowest BCUT2D eigenvalue weighted by molar-refractivity contribution is -0.0340. The van der Waals surface area contributed by atoms with E-state index in [9.17, 15) is 4.79 Å². The van der Waals surface area contributed by atoms with Crippen LogP contribution in [0.15, 0.2) is 0 Å². The normalized spacial score (nSPS) is 30.4. The summed E-state index contributed by atoms with van der Waals surface area (Å²) in [5, 5.41) is 3.12. The van der Waals surface area contributed by atoms with E-state index >= 15 is 0 Å². The van der Waals surface area contributed by atoms with Gasteiger partial charge in [-0.05, 0) is 60.3 Å². The van der Waals surface area contributed by atoms with Crippen LogP contribution in [0.5, 0.6) is 0 Å². The van der Waals surface area contributed by atoms with Gasteiger partial charge in [0.15, 0.2) is 0 Å². The fourth-order valence-electron chi connectivity index (χ4n) is 3.95. The van der Waals surface area contributed by atoms with Crippen LogP contribution in [0.3, 0.4) is 0 Å². The van der Waals surface area contributed by atoms with Gasteiger partial charge in [0, 0.05) is 26.2 Å². The summed E-state index contributed by atoms with van der Waals surface area (Å²) in [5.41, 5.74) is -0.594. The Morgan fingerprint density at radius 2 is 1.70 bits per heavy atom. The number of ether oxygens (including phenoxy) is 1. The van der Waals surface area contributed by atoms with Gasteiger partial charge in [-0.15, -0.1) is 0 Å². The van der Waals surface area contributed by atoms with Crippen molar-refractivity contribution in [3.8, 4) is 0 Å². The van der Waals surface area contributed by atoms with Crippen LogP contribution in [0.25, 0.3) is 0 Å². The number of hydrogen-bond donors (Lipinski definition) is 1. The van der Waals surface area contributed by atoms with Gasteiger partial charge in [-0.3, -0.25) is 0 Å². The number of urea groups is 1. The summed E-state index contributed by atoms with van der Waals surface area (Å²) in [6.07, 6.45) is 1.86. The molecule has 8 heteroatoms. The number of hydrogen-bond acceptors (Lipinski definition) is 5. The Morgan fingerprint density at radius 3 is 2.26 bits per heavy atom. The van der Waals surface area contributed by atoms with E-state index in [1.807, 2.05) is 11.8 Å². The number of likely N-dealkylation sites (N-methyl/N-ethyl adjacent to an activating group) is 1. The number of nitrogens with zero attached hydrogens (tertiary/aromatic N) is 2. The van der Waals surface area contributed by atoms with E-state index in [0.717, 1.165) is 45.6 Å². The number of carbonyl (C=O) groups is 1. The Balaban J connectivity index is 1.46. The number of nitrogens with one attached hydrogen (secondary N) is 1. The first-order valence-electron chi connectivity index (χ1n) is 10.3. The van der Waals surface area contributed by atoms with E-state index in [-0.39, 0.29) is 36.5 Å². The molecule has 1 N–H and O–H groups in total. The second-order valence-corrected chi connectivity index (χ2v) is 9.36. The molecule has 3 heterocycles. The van der Waals surface area contributed by atoms with E-state index < -0.39 is 0 Å². The zero-order chi connectivity index (χ0) is 19.8. The molecule has 3 saturated heterocycles. The molecule has 2 amide bonds. The van der Waals surface area contributed by atoms with Crippen LogP contribution in [0.1, 0.15) is 47.5 Å². The van der Waals surface area contributed by atoms with Crippen molar-refractivity contribution in [3.05, 3.63) is 0 Å². The molecule has 7 nitrogen and oxygen atoms in total. The van der Waals surface area contributed by atoms with Crippen molar-refractivity contribution in [1.82, 2.24) is 15.1 Å². The second kappa shape index (κ2) is 7.89. The van der Waals surface area contributed by atoms with Gasteiger partial charge in [-0.25, -0.2) is 4.79 Å². The summed E-state index contributed by atoms with van der Waals surface area (Å²) in [6, 6.07) is 0.00719. The zero-order valence-electron chi connectivity index (χ0n) is 17.8. The zero-order valence-corrected chi connectivity index (χ0v) is 17.8.